The highest BCUT2D eigenvalue weighted by Gasteiger charge is 2.30. The molecule has 0 aliphatic carbocycles. The summed E-state index contributed by atoms with van der Waals surface area (Å²) >= 11 is 12.0. The number of rotatable bonds is 7. The van der Waals surface area contributed by atoms with Crippen LogP contribution in [0, 0.1) is 0 Å². The number of aliphatic hydroxyl groups is 3. The molecule has 0 saturated carbocycles. The third-order valence-electron chi connectivity index (χ3n) is 4.56. The van der Waals surface area contributed by atoms with Crippen molar-refractivity contribution in [3.63, 3.8) is 0 Å². The second-order valence-electron chi connectivity index (χ2n) is 6.33. The largest absolute Gasteiger partial charge is 0.392 e. The maximum atomic E-state index is 11.0. The molecule has 142 valence electrons. The van der Waals surface area contributed by atoms with Gasteiger partial charge in [-0.3, -0.25) is 0 Å². The van der Waals surface area contributed by atoms with Gasteiger partial charge in [0.25, 0.3) is 0 Å². The molecule has 3 atom stereocenters. The molecule has 0 amide bonds. The van der Waals surface area contributed by atoms with Gasteiger partial charge in [-0.2, -0.15) is 0 Å². The Hall–Kier alpha value is -1.89. The number of aromatic nitrogens is 2. The van der Waals surface area contributed by atoms with E-state index in [2.05, 4.69) is 4.98 Å². The van der Waals surface area contributed by atoms with Crippen molar-refractivity contribution in [2.24, 2.45) is 0 Å². The summed E-state index contributed by atoms with van der Waals surface area (Å²) in [5, 5.41) is 31.6. The number of imidazole rings is 1. The van der Waals surface area contributed by atoms with Crippen LogP contribution in [0.25, 0.3) is 0 Å². The van der Waals surface area contributed by atoms with Gasteiger partial charge in [-0.1, -0.05) is 77.8 Å². The van der Waals surface area contributed by atoms with E-state index >= 15 is 0 Å². The number of hydrogen-bond acceptors (Lipinski definition) is 4. The summed E-state index contributed by atoms with van der Waals surface area (Å²) in [5.74, 6) is -0.594. The van der Waals surface area contributed by atoms with Gasteiger partial charge in [0, 0.05) is 5.92 Å². The van der Waals surface area contributed by atoms with Gasteiger partial charge in [-0.05, 0) is 16.7 Å². The van der Waals surface area contributed by atoms with Crippen molar-refractivity contribution in [3.8, 4) is 0 Å². The fourth-order valence-electron chi connectivity index (χ4n) is 3.10. The molecule has 0 bridgehead atoms. The zero-order valence-corrected chi connectivity index (χ0v) is 15.9. The molecule has 0 aliphatic heterocycles. The van der Waals surface area contributed by atoms with Crippen molar-refractivity contribution in [2.45, 2.75) is 31.3 Å². The van der Waals surface area contributed by atoms with Gasteiger partial charge in [-0.25, -0.2) is 4.98 Å². The summed E-state index contributed by atoms with van der Waals surface area (Å²) in [6.07, 6.45) is -0.436. The van der Waals surface area contributed by atoms with Gasteiger partial charge in [0.2, 0.25) is 0 Å². The summed E-state index contributed by atoms with van der Waals surface area (Å²) in [5.41, 5.74) is 2.20. The Bertz CT molecular complexity index is 869. The summed E-state index contributed by atoms with van der Waals surface area (Å²) in [4.78, 5) is 3.92. The quantitative estimate of drug-likeness (QED) is 0.560. The maximum Gasteiger partial charge on any atom is 0.166 e. The molecule has 27 heavy (non-hydrogen) atoms. The van der Waals surface area contributed by atoms with Gasteiger partial charge in [0.15, 0.2) is 5.15 Å². The molecule has 0 fully saturated rings. The minimum atomic E-state index is -0.951. The molecule has 3 N–H and O–H groups in total. The second kappa shape index (κ2) is 8.87. The third kappa shape index (κ3) is 4.51. The Kier molecular flexibility index (Phi) is 6.52. The Labute approximate surface area is 167 Å². The third-order valence-corrected chi connectivity index (χ3v) is 5.33. The van der Waals surface area contributed by atoms with Crippen molar-refractivity contribution in [3.05, 3.63) is 87.9 Å². The maximum absolute atomic E-state index is 11.0. The van der Waals surface area contributed by atoms with Gasteiger partial charge >= 0.3 is 0 Å². The smallest absolute Gasteiger partial charge is 0.166 e. The highest BCUT2D eigenvalue weighted by Crippen LogP contribution is 2.35. The van der Waals surface area contributed by atoms with Crippen molar-refractivity contribution in [1.82, 2.24) is 9.55 Å². The molecule has 0 saturated heterocycles. The molecule has 0 unspecified atom stereocenters. The standard InChI is InChI=1S/C20H20Cl2N2O3/c21-19-20(22)24(12-23-19)10-16(26)17(14-4-2-1-3-5-14)18(27)15-8-6-13(11-25)7-9-15/h1-9,12,16-18,25-27H,10-11H2/t16-,17-,18+/m1/s1. The van der Waals surface area contributed by atoms with Gasteiger partial charge in [-0.15, -0.1) is 0 Å². The molecule has 3 rings (SSSR count). The van der Waals surface area contributed by atoms with Crippen molar-refractivity contribution < 1.29 is 15.3 Å². The fourth-order valence-corrected chi connectivity index (χ4v) is 3.42. The van der Waals surface area contributed by atoms with E-state index in [1.54, 1.807) is 28.8 Å². The van der Waals surface area contributed by atoms with Crippen LogP contribution in [0.5, 0.6) is 0 Å². The van der Waals surface area contributed by atoms with Gasteiger partial charge < -0.3 is 19.9 Å². The Balaban J connectivity index is 1.91. The monoisotopic (exact) mass is 406 g/mol. The van der Waals surface area contributed by atoms with Gasteiger partial charge in [0.05, 0.1) is 31.7 Å². The molecule has 3 aromatic rings. The molecule has 7 heteroatoms. The van der Waals surface area contributed by atoms with E-state index in [-0.39, 0.29) is 23.5 Å². The number of halogens is 2. The van der Waals surface area contributed by atoms with E-state index < -0.39 is 18.1 Å². The lowest BCUT2D eigenvalue weighted by Crippen LogP contribution is -2.29. The van der Waals surface area contributed by atoms with Crippen molar-refractivity contribution in [1.29, 1.82) is 0 Å². The molecular weight excluding hydrogens is 387 g/mol. The normalized spacial score (nSPS) is 14.7. The van der Waals surface area contributed by atoms with Crippen LogP contribution in [0.2, 0.25) is 10.3 Å². The Morgan fingerprint density at radius 2 is 1.59 bits per heavy atom. The molecule has 0 aliphatic rings. The lowest BCUT2D eigenvalue weighted by molar-refractivity contribution is 0.0424. The zero-order chi connectivity index (χ0) is 19.4. The first-order valence-corrected chi connectivity index (χ1v) is 9.23. The molecule has 1 aromatic heterocycles. The molecule has 1 heterocycles. The summed E-state index contributed by atoms with van der Waals surface area (Å²) < 4.78 is 1.55. The molecule has 0 spiro atoms. The van der Waals surface area contributed by atoms with Crippen LogP contribution in [-0.4, -0.2) is 31.0 Å². The number of benzene rings is 2. The van der Waals surface area contributed by atoms with E-state index in [1.807, 2.05) is 30.3 Å². The minimum Gasteiger partial charge on any atom is -0.392 e. The number of nitrogens with zero attached hydrogens (tertiary/aromatic N) is 2. The van der Waals surface area contributed by atoms with E-state index in [0.717, 1.165) is 11.1 Å². The number of hydrogen-bond donors (Lipinski definition) is 3. The highest BCUT2D eigenvalue weighted by atomic mass is 35.5. The summed E-state index contributed by atoms with van der Waals surface area (Å²) in [7, 11) is 0. The first-order chi connectivity index (χ1) is 13.0. The van der Waals surface area contributed by atoms with E-state index in [9.17, 15) is 15.3 Å². The van der Waals surface area contributed by atoms with Crippen LogP contribution in [0.1, 0.15) is 28.7 Å². The second-order valence-corrected chi connectivity index (χ2v) is 7.04. The average Bonchev–Trinajstić information content (AvgIpc) is 3.01. The van der Waals surface area contributed by atoms with Crippen molar-refractivity contribution >= 4 is 23.2 Å². The van der Waals surface area contributed by atoms with Crippen LogP contribution in [0.3, 0.4) is 0 Å². The predicted octanol–water partition coefficient (Wildman–Crippen LogP) is 3.56. The highest BCUT2D eigenvalue weighted by molar-refractivity contribution is 6.40. The Morgan fingerprint density at radius 1 is 0.926 bits per heavy atom. The van der Waals surface area contributed by atoms with E-state index in [0.29, 0.717) is 5.56 Å². The predicted molar refractivity (Wildman–Crippen MR) is 105 cm³/mol. The summed E-state index contributed by atoms with van der Waals surface area (Å²) in [6.45, 7) is 0.0604. The average molecular weight is 407 g/mol. The SMILES string of the molecule is OCc1ccc([C@H](O)[C@H](c2ccccc2)[C@H](O)Cn2cnc(Cl)c2Cl)cc1. The zero-order valence-electron chi connectivity index (χ0n) is 14.4. The Morgan fingerprint density at radius 3 is 2.15 bits per heavy atom. The van der Waals surface area contributed by atoms with Crippen molar-refractivity contribution in [2.75, 3.05) is 0 Å². The molecular formula is C20H20Cl2N2O3. The van der Waals surface area contributed by atoms with Gasteiger partial charge in [0.1, 0.15) is 5.15 Å². The fraction of sp³-hybridized carbons (Fsp3) is 0.250. The first kappa shape index (κ1) is 19.9. The minimum absolute atomic E-state index is 0.0685. The summed E-state index contributed by atoms with van der Waals surface area (Å²) in [6, 6.07) is 16.3. The molecule has 2 aromatic carbocycles. The van der Waals surface area contributed by atoms with Crippen LogP contribution < -0.4 is 0 Å². The molecule has 5 nitrogen and oxygen atoms in total. The van der Waals surface area contributed by atoms with E-state index in [4.69, 9.17) is 23.2 Å². The van der Waals surface area contributed by atoms with Crippen LogP contribution in [-0.2, 0) is 13.2 Å². The molecule has 0 radical (unpaired) electrons. The lowest BCUT2D eigenvalue weighted by Gasteiger charge is -2.29. The first-order valence-electron chi connectivity index (χ1n) is 8.48. The number of aliphatic hydroxyl groups excluding tert-OH is 3. The topological polar surface area (TPSA) is 78.5 Å². The van der Waals surface area contributed by atoms with Crippen LogP contribution in [0.15, 0.2) is 60.9 Å². The van der Waals surface area contributed by atoms with E-state index in [1.165, 1.54) is 6.33 Å². The van der Waals surface area contributed by atoms with Crippen LogP contribution in [0.4, 0.5) is 0 Å². The van der Waals surface area contributed by atoms with Crippen LogP contribution >= 0.6 is 23.2 Å². The lowest BCUT2D eigenvalue weighted by atomic mass is 9.84.